The fourth-order valence-corrected chi connectivity index (χ4v) is 4.78. The van der Waals surface area contributed by atoms with E-state index in [2.05, 4.69) is 39.7 Å². The first-order chi connectivity index (χ1) is 15.6. The summed E-state index contributed by atoms with van der Waals surface area (Å²) in [6.45, 7) is 8.05. The van der Waals surface area contributed by atoms with Crippen molar-refractivity contribution in [3.05, 3.63) is 51.2 Å². The molecule has 0 aliphatic rings. The minimum Gasteiger partial charge on any atom is -0.342 e. The molecule has 0 spiro atoms. The third kappa shape index (κ3) is 6.78. The molecule has 0 saturated carbocycles. The first-order valence-electron chi connectivity index (χ1n) is 10.5. The molecule has 3 rings (SSSR count). The molecule has 11 heteroatoms. The van der Waals surface area contributed by atoms with E-state index >= 15 is 0 Å². The second-order valence-corrected chi connectivity index (χ2v) is 10.6. The zero-order valence-electron chi connectivity index (χ0n) is 19.2. The van der Waals surface area contributed by atoms with Gasteiger partial charge in [0.1, 0.15) is 0 Å². The van der Waals surface area contributed by atoms with Gasteiger partial charge in [-0.2, -0.15) is 0 Å². The standard InChI is InChI=1S/C22H27ClN6O2S2/c1-12(2)10-17(25-20(31)15-6-8-16(23)9-7-15)19-27-28-22(29(19)5)32-11-18(30)26-21-24-13(3)14(4)33-21/h6-9,12,17H,10-11H2,1-5H3,(H,25,31)(H,24,26,30). The largest absolute Gasteiger partial charge is 0.342 e. The minimum absolute atomic E-state index is 0.159. The molecule has 1 unspecified atom stereocenters. The van der Waals surface area contributed by atoms with E-state index in [1.54, 1.807) is 24.3 Å². The SMILES string of the molecule is Cc1nc(NC(=O)CSc2nnc(C(CC(C)C)NC(=O)c3ccc(Cl)cc3)n2C)sc1C. The van der Waals surface area contributed by atoms with Crippen molar-refractivity contribution in [3.63, 3.8) is 0 Å². The van der Waals surface area contributed by atoms with Crippen molar-refractivity contribution in [2.75, 3.05) is 11.1 Å². The van der Waals surface area contributed by atoms with Crippen LogP contribution in [0.3, 0.4) is 0 Å². The molecule has 2 heterocycles. The molecule has 0 aliphatic carbocycles. The van der Waals surface area contributed by atoms with Gasteiger partial charge in [-0.15, -0.1) is 21.5 Å². The van der Waals surface area contributed by atoms with Gasteiger partial charge in [-0.25, -0.2) is 4.98 Å². The van der Waals surface area contributed by atoms with E-state index in [0.29, 0.717) is 39.0 Å². The first-order valence-corrected chi connectivity index (χ1v) is 12.6. The van der Waals surface area contributed by atoms with Gasteiger partial charge in [0, 0.05) is 22.5 Å². The normalized spacial score (nSPS) is 12.1. The molecule has 0 bridgehead atoms. The highest BCUT2D eigenvalue weighted by atomic mass is 35.5. The molecule has 0 radical (unpaired) electrons. The number of carbonyl (C=O) groups is 2. The van der Waals surface area contributed by atoms with Crippen LogP contribution in [-0.2, 0) is 11.8 Å². The van der Waals surface area contributed by atoms with Gasteiger partial charge in [0.15, 0.2) is 16.1 Å². The first kappa shape index (κ1) is 25.2. The van der Waals surface area contributed by atoms with E-state index in [4.69, 9.17) is 11.6 Å². The summed E-state index contributed by atoms with van der Waals surface area (Å²) in [6, 6.07) is 6.42. The average Bonchev–Trinajstić information content (AvgIpc) is 3.27. The number of amides is 2. The van der Waals surface area contributed by atoms with Crippen LogP contribution in [0.2, 0.25) is 5.02 Å². The summed E-state index contributed by atoms with van der Waals surface area (Å²) in [5.41, 5.74) is 1.44. The lowest BCUT2D eigenvalue weighted by atomic mass is 10.0. The zero-order valence-corrected chi connectivity index (χ0v) is 21.6. The van der Waals surface area contributed by atoms with Crippen LogP contribution in [0.5, 0.6) is 0 Å². The third-order valence-corrected chi connectivity index (χ3v) is 7.17. The summed E-state index contributed by atoms with van der Waals surface area (Å²) in [6.07, 6.45) is 0.694. The highest BCUT2D eigenvalue weighted by molar-refractivity contribution is 7.99. The van der Waals surface area contributed by atoms with Gasteiger partial charge in [0.2, 0.25) is 5.91 Å². The Morgan fingerprint density at radius 3 is 2.48 bits per heavy atom. The molecule has 0 fully saturated rings. The van der Waals surface area contributed by atoms with Gasteiger partial charge in [-0.05, 0) is 50.5 Å². The van der Waals surface area contributed by atoms with E-state index in [-0.39, 0.29) is 23.6 Å². The second-order valence-electron chi connectivity index (χ2n) is 8.06. The highest BCUT2D eigenvalue weighted by Crippen LogP contribution is 2.25. The maximum Gasteiger partial charge on any atom is 0.251 e. The van der Waals surface area contributed by atoms with Crippen LogP contribution in [-0.4, -0.2) is 37.3 Å². The molecule has 1 aromatic carbocycles. The minimum atomic E-state index is -0.324. The number of aryl methyl sites for hydroxylation is 2. The molecule has 2 amide bonds. The average molecular weight is 507 g/mol. The Hall–Kier alpha value is -2.43. The van der Waals surface area contributed by atoms with Crippen LogP contribution in [0.15, 0.2) is 29.4 Å². The number of hydrogen-bond donors (Lipinski definition) is 2. The molecule has 3 aromatic rings. The number of hydrogen-bond acceptors (Lipinski definition) is 7. The van der Waals surface area contributed by atoms with Gasteiger partial charge in [0.05, 0.1) is 17.5 Å². The Balaban J connectivity index is 1.67. The lowest BCUT2D eigenvalue weighted by Gasteiger charge is -2.20. The number of halogens is 1. The summed E-state index contributed by atoms with van der Waals surface area (Å²) in [4.78, 5) is 30.5. The number of anilines is 1. The summed E-state index contributed by atoms with van der Waals surface area (Å²) >= 11 is 8.67. The number of nitrogens with zero attached hydrogens (tertiary/aromatic N) is 4. The van der Waals surface area contributed by atoms with E-state index < -0.39 is 0 Å². The second kappa shape index (κ2) is 11.1. The Morgan fingerprint density at radius 2 is 1.88 bits per heavy atom. The van der Waals surface area contributed by atoms with E-state index in [0.717, 1.165) is 10.6 Å². The molecular formula is C22H27ClN6O2S2. The van der Waals surface area contributed by atoms with Crippen molar-refractivity contribution in [3.8, 4) is 0 Å². The van der Waals surface area contributed by atoms with Crippen molar-refractivity contribution >= 4 is 51.6 Å². The molecule has 2 aromatic heterocycles. The Morgan fingerprint density at radius 1 is 1.18 bits per heavy atom. The summed E-state index contributed by atoms with van der Waals surface area (Å²) in [7, 11) is 1.84. The number of aromatic nitrogens is 4. The summed E-state index contributed by atoms with van der Waals surface area (Å²) in [5.74, 6) is 0.774. The van der Waals surface area contributed by atoms with Gasteiger partial charge in [0.25, 0.3) is 5.91 Å². The van der Waals surface area contributed by atoms with E-state index in [9.17, 15) is 9.59 Å². The molecule has 2 N–H and O–H groups in total. The number of nitrogens with one attached hydrogen (secondary N) is 2. The molecule has 33 heavy (non-hydrogen) atoms. The summed E-state index contributed by atoms with van der Waals surface area (Å²) in [5, 5.41) is 16.2. The Labute approximate surface area is 206 Å². The summed E-state index contributed by atoms with van der Waals surface area (Å²) < 4.78 is 1.82. The van der Waals surface area contributed by atoms with Gasteiger partial charge < -0.3 is 15.2 Å². The molecule has 0 saturated heterocycles. The topological polar surface area (TPSA) is 102 Å². The van der Waals surface area contributed by atoms with E-state index in [1.807, 2.05) is 25.5 Å². The van der Waals surface area contributed by atoms with Crippen molar-refractivity contribution < 1.29 is 9.59 Å². The van der Waals surface area contributed by atoms with Crippen LogP contribution in [0, 0.1) is 19.8 Å². The Bertz CT molecular complexity index is 1110. The van der Waals surface area contributed by atoms with Crippen molar-refractivity contribution in [2.45, 2.75) is 45.3 Å². The number of thiazole rings is 1. The fourth-order valence-electron chi connectivity index (χ4n) is 3.11. The Kier molecular flexibility index (Phi) is 8.50. The molecule has 176 valence electrons. The molecule has 8 nitrogen and oxygen atoms in total. The smallest absolute Gasteiger partial charge is 0.251 e. The van der Waals surface area contributed by atoms with Crippen molar-refractivity contribution in [2.24, 2.45) is 13.0 Å². The van der Waals surface area contributed by atoms with Crippen LogP contribution in [0.1, 0.15) is 53.1 Å². The van der Waals surface area contributed by atoms with Crippen molar-refractivity contribution in [1.29, 1.82) is 0 Å². The van der Waals surface area contributed by atoms with Gasteiger partial charge >= 0.3 is 0 Å². The highest BCUT2D eigenvalue weighted by Gasteiger charge is 2.24. The quantitative estimate of drug-likeness (QED) is 0.404. The zero-order chi connectivity index (χ0) is 24.1. The third-order valence-electron chi connectivity index (χ3n) is 4.91. The number of carbonyl (C=O) groups excluding carboxylic acids is 2. The molecular weight excluding hydrogens is 480 g/mol. The van der Waals surface area contributed by atoms with Crippen molar-refractivity contribution in [1.82, 2.24) is 25.1 Å². The maximum absolute atomic E-state index is 12.8. The van der Waals surface area contributed by atoms with E-state index in [1.165, 1.54) is 23.1 Å². The van der Waals surface area contributed by atoms with Crippen LogP contribution < -0.4 is 10.6 Å². The predicted molar refractivity (Wildman–Crippen MR) is 133 cm³/mol. The predicted octanol–water partition coefficient (Wildman–Crippen LogP) is 4.79. The molecule has 1 atom stereocenters. The monoisotopic (exact) mass is 506 g/mol. The number of rotatable bonds is 9. The lowest BCUT2D eigenvalue weighted by Crippen LogP contribution is -2.31. The van der Waals surface area contributed by atoms with Gasteiger partial charge in [-0.1, -0.05) is 37.2 Å². The number of benzene rings is 1. The van der Waals surface area contributed by atoms with Gasteiger partial charge in [-0.3, -0.25) is 9.59 Å². The van der Waals surface area contributed by atoms with Crippen LogP contribution in [0.4, 0.5) is 5.13 Å². The lowest BCUT2D eigenvalue weighted by molar-refractivity contribution is -0.113. The molecule has 0 aliphatic heterocycles. The fraction of sp³-hybridized carbons (Fsp3) is 0.409. The van der Waals surface area contributed by atoms with Crippen LogP contribution >= 0.6 is 34.7 Å². The number of thioether (sulfide) groups is 1. The maximum atomic E-state index is 12.8. The van der Waals surface area contributed by atoms with Crippen LogP contribution in [0.25, 0.3) is 0 Å².